The highest BCUT2D eigenvalue weighted by molar-refractivity contribution is 5.97. The van der Waals surface area contributed by atoms with Crippen molar-refractivity contribution in [2.75, 3.05) is 10.6 Å². The Labute approximate surface area is 175 Å². The van der Waals surface area contributed by atoms with Crippen LogP contribution in [0.15, 0.2) is 18.2 Å². The second kappa shape index (κ2) is 7.11. The van der Waals surface area contributed by atoms with Crippen LogP contribution in [0, 0.1) is 23.6 Å². The maximum atomic E-state index is 13.5. The van der Waals surface area contributed by atoms with Crippen LogP contribution in [0.5, 0.6) is 0 Å². The largest absolute Gasteiger partial charge is 0.322 e. The molecule has 1 aliphatic heterocycles. The number of hydrogen-bond acceptors (Lipinski definition) is 3. The molecule has 1 aromatic heterocycles. The average Bonchev–Trinajstić information content (AvgIpc) is 3.18. The van der Waals surface area contributed by atoms with Gasteiger partial charge in [-0.2, -0.15) is 5.10 Å². The van der Waals surface area contributed by atoms with Crippen LogP contribution in [-0.2, 0) is 17.9 Å². The molecule has 4 rings (SSSR count). The highest BCUT2D eigenvalue weighted by Gasteiger charge is 2.52. The van der Waals surface area contributed by atoms with Crippen molar-refractivity contribution in [3.05, 3.63) is 40.8 Å². The van der Waals surface area contributed by atoms with Gasteiger partial charge in [0.25, 0.3) is 0 Å². The van der Waals surface area contributed by atoms with E-state index in [1.165, 1.54) is 12.1 Å². The highest BCUT2D eigenvalue weighted by Crippen LogP contribution is 2.54. The van der Waals surface area contributed by atoms with E-state index in [1.807, 2.05) is 6.92 Å². The summed E-state index contributed by atoms with van der Waals surface area (Å²) in [6, 6.07) is 3.97. The monoisotopic (exact) mass is 413 g/mol. The van der Waals surface area contributed by atoms with Gasteiger partial charge in [-0.3, -0.25) is 9.89 Å². The van der Waals surface area contributed by atoms with E-state index in [0.29, 0.717) is 24.6 Å². The minimum atomic E-state index is -0.402. The van der Waals surface area contributed by atoms with Gasteiger partial charge >= 0.3 is 6.03 Å². The molecule has 0 radical (unpaired) electrons. The molecule has 0 saturated heterocycles. The molecule has 1 aliphatic carbocycles. The number of urea groups is 1. The maximum absolute atomic E-state index is 13.5. The van der Waals surface area contributed by atoms with E-state index in [2.05, 4.69) is 41.6 Å². The Balaban J connectivity index is 1.45. The molecule has 1 fully saturated rings. The number of carbonyl (C=O) groups excluding carboxylic acids is 2. The first-order valence-corrected chi connectivity index (χ1v) is 10.3. The van der Waals surface area contributed by atoms with Crippen molar-refractivity contribution >= 4 is 23.4 Å². The zero-order chi connectivity index (χ0) is 21.7. The number of aromatic amines is 1. The first-order chi connectivity index (χ1) is 14.1. The third-order valence-corrected chi connectivity index (χ3v) is 6.69. The van der Waals surface area contributed by atoms with Gasteiger partial charge in [0.2, 0.25) is 5.91 Å². The molecule has 7 nitrogen and oxygen atoms in total. The molecule has 0 atom stereocenters. The maximum Gasteiger partial charge on any atom is 0.322 e. The van der Waals surface area contributed by atoms with E-state index in [-0.39, 0.29) is 22.8 Å². The summed E-state index contributed by atoms with van der Waals surface area (Å²) in [4.78, 5) is 27.4. The third kappa shape index (κ3) is 3.34. The Morgan fingerprint density at radius 3 is 2.57 bits per heavy atom. The van der Waals surface area contributed by atoms with Crippen molar-refractivity contribution < 1.29 is 14.0 Å². The molecule has 30 heavy (non-hydrogen) atoms. The minimum Gasteiger partial charge on any atom is -0.314 e. The van der Waals surface area contributed by atoms with E-state index in [4.69, 9.17) is 0 Å². The Morgan fingerprint density at radius 1 is 1.20 bits per heavy atom. The smallest absolute Gasteiger partial charge is 0.314 e. The summed E-state index contributed by atoms with van der Waals surface area (Å²) in [7, 11) is 0. The van der Waals surface area contributed by atoms with E-state index < -0.39 is 5.82 Å². The van der Waals surface area contributed by atoms with Gasteiger partial charge in [-0.15, -0.1) is 0 Å². The molecule has 1 saturated carbocycles. The topological polar surface area (TPSA) is 90.1 Å². The van der Waals surface area contributed by atoms with Crippen molar-refractivity contribution in [1.29, 1.82) is 0 Å². The number of nitrogens with one attached hydrogen (secondary N) is 3. The molecule has 8 heteroatoms. The van der Waals surface area contributed by atoms with Gasteiger partial charge in [-0.1, -0.05) is 33.3 Å². The van der Waals surface area contributed by atoms with Gasteiger partial charge < -0.3 is 15.5 Å². The molecule has 3 N–H and O–H groups in total. The molecule has 160 valence electrons. The summed E-state index contributed by atoms with van der Waals surface area (Å²) in [5, 5.41) is 13.0. The molecule has 2 aliphatic rings. The summed E-state index contributed by atoms with van der Waals surface area (Å²) in [6.45, 7) is 8.78. The van der Waals surface area contributed by atoms with Crippen LogP contribution in [0.3, 0.4) is 0 Å². The SMILES string of the molecule is Cc1ccc(F)cc1NC(=O)N1Cc2[nH]nc(NC(=O)C3(C(C)(C)C)CCC3)c2C1. The second-order valence-corrected chi connectivity index (χ2v) is 9.41. The van der Waals surface area contributed by atoms with Crippen molar-refractivity contribution in [1.82, 2.24) is 15.1 Å². The molecule has 2 aromatic rings. The number of carbonyl (C=O) groups is 2. The Morgan fingerprint density at radius 2 is 1.93 bits per heavy atom. The fourth-order valence-corrected chi connectivity index (χ4v) is 4.39. The summed E-state index contributed by atoms with van der Waals surface area (Å²) in [5.74, 6) is 0.0807. The van der Waals surface area contributed by atoms with Gasteiger partial charge in [0.05, 0.1) is 24.2 Å². The van der Waals surface area contributed by atoms with Crippen LogP contribution < -0.4 is 10.6 Å². The predicted molar refractivity (Wildman–Crippen MR) is 112 cm³/mol. The zero-order valence-electron chi connectivity index (χ0n) is 17.9. The van der Waals surface area contributed by atoms with Crippen LogP contribution in [0.4, 0.5) is 20.7 Å². The number of anilines is 2. The van der Waals surface area contributed by atoms with Crippen LogP contribution in [0.1, 0.15) is 56.9 Å². The molecular weight excluding hydrogens is 385 g/mol. The van der Waals surface area contributed by atoms with Crippen LogP contribution >= 0.6 is 0 Å². The van der Waals surface area contributed by atoms with Crippen molar-refractivity contribution in [2.45, 2.75) is 60.0 Å². The molecule has 0 unspecified atom stereocenters. The number of rotatable bonds is 3. The fraction of sp³-hybridized carbons (Fsp3) is 0.500. The molecule has 0 bridgehead atoms. The predicted octanol–water partition coefficient (Wildman–Crippen LogP) is 4.56. The van der Waals surface area contributed by atoms with Gasteiger partial charge in [0, 0.05) is 11.3 Å². The second-order valence-electron chi connectivity index (χ2n) is 9.41. The lowest BCUT2D eigenvalue weighted by atomic mass is 9.54. The van der Waals surface area contributed by atoms with Gasteiger partial charge in [-0.05, 0) is 42.9 Å². The van der Waals surface area contributed by atoms with Gasteiger partial charge in [0.15, 0.2) is 5.82 Å². The van der Waals surface area contributed by atoms with Crippen LogP contribution in [0.2, 0.25) is 0 Å². The number of benzene rings is 1. The van der Waals surface area contributed by atoms with Crippen LogP contribution in [0.25, 0.3) is 0 Å². The number of aromatic nitrogens is 2. The van der Waals surface area contributed by atoms with E-state index in [1.54, 1.807) is 11.0 Å². The van der Waals surface area contributed by atoms with Crippen molar-refractivity contribution in [3.8, 4) is 0 Å². The van der Waals surface area contributed by atoms with Crippen molar-refractivity contribution in [3.63, 3.8) is 0 Å². The molecule has 1 aromatic carbocycles. The lowest BCUT2D eigenvalue weighted by molar-refractivity contribution is -0.139. The van der Waals surface area contributed by atoms with Crippen LogP contribution in [-0.4, -0.2) is 27.0 Å². The summed E-state index contributed by atoms with van der Waals surface area (Å²) in [6.07, 6.45) is 2.80. The first-order valence-electron chi connectivity index (χ1n) is 10.3. The van der Waals surface area contributed by atoms with Crippen molar-refractivity contribution in [2.24, 2.45) is 10.8 Å². The van der Waals surface area contributed by atoms with E-state index >= 15 is 0 Å². The molecular formula is C22H28FN5O2. The first kappa shape index (κ1) is 20.4. The molecule has 2 heterocycles. The van der Waals surface area contributed by atoms with E-state index in [0.717, 1.165) is 36.1 Å². The number of amides is 3. The Bertz CT molecular complexity index is 1000. The Kier molecular flexibility index (Phi) is 4.83. The standard InChI is InChI=1S/C22H28FN5O2/c1-13-6-7-14(23)10-16(13)24-20(30)28-11-15-17(12-28)26-27-18(15)25-19(29)22(8-5-9-22)21(2,3)4/h6-7,10H,5,8-9,11-12H2,1-4H3,(H,24,30)(H2,25,26,27,29). The fourth-order valence-electron chi connectivity index (χ4n) is 4.39. The Hall–Kier alpha value is -2.90. The third-order valence-electron chi connectivity index (χ3n) is 6.69. The van der Waals surface area contributed by atoms with E-state index in [9.17, 15) is 14.0 Å². The molecule has 0 spiro atoms. The lowest BCUT2D eigenvalue weighted by Gasteiger charge is -2.49. The number of aryl methyl sites for hydroxylation is 1. The number of H-pyrrole nitrogens is 1. The van der Waals surface area contributed by atoms with Gasteiger partial charge in [-0.25, -0.2) is 9.18 Å². The minimum absolute atomic E-state index is 0.00571. The number of halogens is 1. The zero-order valence-corrected chi connectivity index (χ0v) is 17.9. The summed E-state index contributed by atoms with van der Waals surface area (Å²) >= 11 is 0. The average molecular weight is 413 g/mol. The lowest BCUT2D eigenvalue weighted by Crippen LogP contribution is -2.51. The summed E-state index contributed by atoms with van der Waals surface area (Å²) < 4.78 is 13.5. The quantitative estimate of drug-likeness (QED) is 0.689. The number of hydrogen-bond donors (Lipinski definition) is 3. The normalized spacial score (nSPS) is 17.3. The summed E-state index contributed by atoms with van der Waals surface area (Å²) in [5.41, 5.74) is 2.32. The highest BCUT2D eigenvalue weighted by atomic mass is 19.1. The number of nitrogens with zero attached hydrogens (tertiary/aromatic N) is 2. The molecule has 3 amide bonds. The van der Waals surface area contributed by atoms with Gasteiger partial charge in [0.1, 0.15) is 5.82 Å². The number of fused-ring (bicyclic) bond motifs is 1.